The second-order valence-corrected chi connectivity index (χ2v) is 7.60. The van der Waals surface area contributed by atoms with E-state index in [1.807, 2.05) is 36.4 Å². The van der Waals surface area contributed by atoms with Crippen molar-refractivity contribution < 1.29 is 22.3 Å². The largest absolute Gasteiger partial charge is 0.495 e. The average Bonchev–Trinajstić information content (AvgIpc) is 3.20. The molecule has 142 valence electrons. The topological polar surface area (TPSA) is 77.8 Å². The highest BCUT2D eigenvalue weighted by Crippen LogP contribution is 2.22. The molecule has 1 aromatic heterocycles. The van der Waals surface area contributed by atoms with Crippen LogP contribution < -0.4 is 9.46 Å². The first-order valence-electron chi connectivity index (χ1n) is 8.39. The summed E-state index contributed by atoms with van der Waals surface area (Å²) in [5, 5.41) is 0. The Hall–Kier alpha value is -2.61. The lowest BCUT2D eigenvalue weighted by Crippen LogP contribution is -2.23. The fourth-order valence-corrected chi connectivity index (χ4v) is 3.78. The maximum atomic E-state index is 12.5. The molecule has 1 N–H and O–H groups in total. The van der Waals surface area contributed by atoms with Gasteiger partial charge in [0, 0.05) is 6.54 Å². The molecule has 27 heavy (non-hydrogen) atoms. The SMILES string of the molecule is COc1ccccc1S(=O)(=O)NCc1cccc(COCc2ccco2)c1. The van der Waals surface area contributed by atoms with Crippen LogP contribution in [0.1, 0.15) is 16.9 Å². The fourth-order valence-electron chi connectivity index (χ4n) is 2.59. The van der Waals surface area contributed by atoms with Crippen molar-refractivity contribution in [3.63, 3.8) is 0 Å². The zero-order chi connectivity index (χ0) is 19.1. The molecule has 7 heteroatoms. The van der Waals surface area contributed by atoms with Crippen molar-refractivity contribution in [2.24, 2.45) is 0 Å². The van der Waals surface area contributed by atoms with E-state index in [0.717, 1.165) is 16.9 Å². The van der Waals surface area contributed by atoms with E-state index in [2.05, 4.69) is 4.72 Å². The van der Waals surface area contributed by atoms with Crippen LogP contribution in [-0.4, -0.2) is 15.5 Å². The standard InChI is InChI=1S/C20H21NO5S/c1-24-19-9-2-3-10-20(19)27(22,23)21-13-16-6-4-7-17(12-16)14-25-15-18-8-5-11-26-18/h2-12,21H,13-15H2,1H3. The van der Waals surface area contributed by atoms with Crippen molar-refractivity contribution in [1.29, 1.82) is 0 Å². The van der Waals surface area contributed by atoms with Crippen LogP contribution in [0.25, 0.3) is 0 Å². The lowest BCUT2D eigenvalue weighted by molar-refractivity contribution is 0.0929. The lowest BCUT2D eigenvalue weighted by Gasteiger charge is -2.11. The van der Waals surface area contributed by atoms with Gasteiger partial charge in [-0.3, -0.25) is 0 Å². The zero-order valence-corrected chi connectivity index (χ0v) is 15.7. The molecule has 0 unspecified atom stereocenters. The maximum Gasteiger partial charge on any atom is 0.244 e. The van der Waals surface area contributed by atoms with Crippen molar-refractivity contribution >= 4 is 10.0 Å². The predicted octanol–water partition coefficient (Wildman–Crippen LogP) is 3.48. The summed E-state index contributed by atoms with van der Waals surface area (Å²) < 4.78 is 43.7. The van der Waals surface area contributed by atoms with Crippen molar-refractivity contribution in [2.45, 2.75) is 24.7 Å². The number of methoxy groups -OCH3 is 1. The van der Waals surface area contributed by atoms with E-state index in [9.17, 15) is 8.42 Å². The van der Waals surface area contributed by atoms with Gasteiger partial charge < -0.3 is 13.9 Å². The highest BCUT2D eigenvalue weighted by atomic mass is 32.2. The summed E-state index contributed by atoms with van der Waals surface area (Å²) in [6.07, 6.45) is 1.60. The molecule has 0 amide bonds. The van der Waals surface area contributed by atoms with E-state index >= 15 is 0 Å². The second-order valence-electron chi connectivity index (χ2n) is 5.87. The van der Waals surface area contributed by atoms with E-state index in [1.54, 1.807) is 24.5 Å². The second kappa shape index (κ2) is 8.85. The molecule has 0 spiro atoms. The quantitative estimate of drug-likeness (QED) is 0.608. The number of sulfonamides is 1. The van der Waals surface area contributed by atoms with Crippen LogP contribution in [0.4, 0.5) is 0 Å². The van der Waals surface area contributed by atoms with Gasteiger partial charge in [0.25, 0.3) is 0 Å². The molecule has 3 aromatic rings. The third-order valence-electron chi connectivity index (χ3n) is 3.91. The lowest BCUT2D eigenvalue weighted by atomic mass is 10.1. The van der Waals surface area contributed by atoms with Gasteiger partial charge in [-0.2, -0.15) is 0 Å². The highest BCUT2D eigenvalue weighted by molar-refractivity contribution is 7.89. The Morgan fingerprint density at radius 1 is 0.963 bits per heavy atom. The maximum absolute atomic E-state index is 12.5. The van der Waals surface area contributed by atoms with Crippen LogP contribution in [0.2, 0.25) is 0 Å². The molecule has 0 saturated heterocycles. The summed E-state index contributed by atoms with van der Waals surface area (Å²) in [7, 11) is -2.23. The van der Waals surface area contributed by atoms with E-state index < -0.39 is 10.0 Å². The third kappa shape index (κ3) is 5.19. The van der Waals surface area contributed by atoms with Gasteiger partial charge in [0.2, 0.25) is 10.0 Å². The minimum absolute atomic E-state index is 0.116. The Morgan fingerprint density at radius 2 is 1.78 bits per heavy atom. The normalized spacial score (nSPS) is 11.4. The molecule has 1 heterocycles. The monoisotopic (exact) mass is 387 g/mol. The molecule has 6 nitrogen and oxygen atoms in total. The smallest absolute Gasteiger partial charge is 0.244 e. The summed E-state index contributed by atoms with van der Waals surface area (Å²) >= 11 is 0. The van der Waals surface area contributed by atoms with Gasteiger partial charge in [-0.15, -0.1) is 0 Å². The molecule has 0 fully saturated rings. The molecular weight excluding hydrogens is 366 g/mol. The van der Waals surface area contributed by atoms with Gasteiger partial charge in [-0.05, 0) is 35.4 Å². The zero-order valence-electron chi connectivity index (χ0n) is 14.9. The van der Waals surface area contributed by atoms with Gasteiger partial charge in [-0.25, -0.2) is 13.1 Å². The van der Waals surface area contributed by atoms with Gasteiger partial charge in [0.15, 0.2) is 0 Å². The first kappa shape index (κ1) is 19.2. The molecule has 0 radical (unpaired) electrons. The minimum Gasteiger partial charge on any atom is -0.495 e. The Bertz CT molecular complexity index is 968. The van der Waals surface area contributed by atoms with Crippen molar-refractivity contribution in [3.05, 3.63) is 83.8 Å². The van der Waals surface area contributed by atoms with E-state index in [0.29, 0.717) is 19.0 Å². The molecule has 0 aliphatic heterocycles. The van der Waals surface area contributed by atoms with E-state index in [-0.39, 0.29) is 11.4 Å². The number of para-hydroxylation sites is 1. The van der Waals surface area contributed by atoms with Crippen LogP contribution in [-0.2, 0) is 34.5 Å². The van der Waals surface area contributed by atoms with Gasteiger partial charge >= 0.3 is 0 Å². The third-order valence-corrected chi connectivity index (χ3v) is 5.35. The van der Waals surface area contributed by atoms with Crippen molar-refractivity contribution in [3.8, 4) is 5.75 Å². The van der Waals surface area contributed by atoms with Crippen LogP contribution in [0.3, 0.4) is 0 Å². The molecule has 0 atom stereocenters. The van der Waals surface area contributed by atoms with E-state index in [4.69, 9.17) is 13.9 Å². The highest BCUT2D eigenvalue weighted by Gasteiger charge is 2.18. The van der Waals surface area contributed by atoms with Crippen LogP contribution in [0, 0.1) is 0 Å². The van der Waals surface area contributed by atoms with Crippen LogP contribution >= 0.6 is 0 Å². The molecular formula is C20H21NO5S. The predicted molar refractivity (Wildman–Crippen MR) is 101 cm³/mol. The molecule has 0 saturated carbocycles. The average molecular weight is 387 g/mol. The Morgan fingerprint density at radius 3 is 2.56 bits per heavy atom. The summed E-state index contributed by atoms with van der Waals surface area (Å²) in [5.74, 6) is 1.07. The van der Waals surface area contributed by atoms with Gasteiger partial charge in [0.1, 0.15) is 23.0 Å². The summed E-state index contributed by atoms with van der Waals surface area (Å²) in [6.45, 7) is 0.970. The number of nitrogens with one attached hydrogen (secondary N) is 1. The summed E-state index contributed by atoms with van der Waals surface area (Å²) in [6, 6.07) is 17.8. The number of rotatable bonds is 9. The van der Waals surface area contributed by atoms with E-state index in [1.165, 1.54) is 13.2 Å². The number of hydrogen-bond acceptors (Lipinski definition) is 5. The Kier molecular flexibility index (Phi) is 6.28. The number of hydrogen-bond donors (Lipinski definition) is 1. The van der Waals surface area contributed by atoms with Crippen molar-refractivity contribution in [1.82, 2.24) is 4.72 Å². The Labute approximate surface area is 158 Å². The number of ether oxygens (including phenoxy) is 2. The minimum atomic E-state index is -3.68. The van der Waals surface area contributed by atoms with Crippen LogP contribution in [0.15, 0.2) is 76.2 Å². The van der Waals surface area contributed by atoms with Gasteiger partial charge in [-0.1, -0.05) is 36.4 Å². The first-order chi connectivity index (χ1) is 13.1. The first-order valence-corrected chi connectivity index (χ1v) is 9.87. The van der Waals surface area contributed by atoms with Crippen molar-refractivity contribution in [2.75, 3.05) is 7.11 Å². The van der Waals surface area contributed by atoms with Crippen LogP contribution in [0.5, 0.6) is 5.75 Å². The summed E-state index contributed by atoms with van der Waals surface area (Å²) in [4.78, 5) is 0.116. The molecule has 0 bridgehead atoms. The van der Waals surface area contributed by atoms with Gasteiger partial charge in [0.05, 0.1) is 20.0 Å². The Balaban J connectivity index is 1.60. The molecule has 0 aliphatic rings. The summed E-state index contributed by atoms with van der Waals surface area (Å²) in [5.41, 5.74) is 1.79. The molecule has 2 aromatic carbocycles. The molecule has 0 aliphatic carbocycles. The molecule has 3 rings (SSSR count). The number of furan rings is 1. The number of benzene rings is 2. The fraction of sp³-hybridized carbons (Fsp3) is 0.200.